The van der Waals surface area contributed by atoms with E-state index in [1.165, 1.54) is 0 Å². The average molecular weight is 226 g/mol. The van der Waals surface area contributed by atoms with Crippen LogP contribution in [0, 0.1) is 12.3 Å². The Kier molecular flexibility index (Phi) is 7.96. The number of unbranched alkanes of at least 4 members (excludes halogenated alkanes) is 1. The Hall–Kier alpha value is -1.50. The summed E-state index contributed by atoms with van der Waals surface area (Å²) in [4.78, 5) is 22.2. The topological polar surface area (TPSA) is 52.6 Å². The zero-order chi connectivity index (χ0) is 12.4. The monoisotopic (exact) mass is 226 g/mol. The van der Waals surface area contributed by atoms with Gasteiger partial charge in [0.1, 0.15) is 0 Å². The molecule has 1 atom stereocenters. The van der Waals surface area contributed by atoms with Crippen molar-refractivity contribution in [3.63, 3.8) is 0 Å². The number of hydrogen-bond donors (Lipinski definition) is 0. The summed E-state index contributed by atoms with van der Waals surface area (Å²) in [6.07, 6.45) is 6.34. The van der Waals surface area contributed by atoms with E-state index in [2.05, 4.69) is 5.92 Å². The van der Waals surface area contributed by atoms with Crippen LogP contribution >= 0.6 is 0 Å². The molecule has 0 amide bonds. The third-order valence-electron chi connectivity index (χ3n) is 1.84. The van der Waals surface area contributed by atoms with Gasteiger partial charge in [-0.15, -0.1) is 6.42 Å². The zero-order valence-corrected chi connectivity index (χ0v) is 9.82. The predicted molar refractivity (Wildman–Crippen MR) is 59.5 cm³/mol. The number of terminal acetylenes is 1. The summed E-state index contributed by atoms with van der Waals surface area (Å²) in [5.41, 5.74) is 0. The maximum Gasteiger partial charge on any atom is 0.307 e. The van der Waals surface area contributed by atoms with Gasteiger partial charge < -0.3 is 9.47 Å². The summed E-state index contributed by atoms with van der Waals surface area (Å²) in [6, 6.07) is 0. The quantitative estimate of drug-likeness (QED) is 0.376. The lowest BCUT2D eigenvalue weighted by atomic mass is 10.3. The molecular formula is C12H18O4. The largest absolute Gasteiger partial charge is 0.466 e. The van der Waals surface area contributed by atoms with Gasteiger partial charge in [0.2, 0.25) is 0 Å². The second kappa shape index (κ2) is 8.78. The molecule has 4 nitrogen and oxygen atoms in total. The van der Waals surface area contributed by atoms with E-state index in [0.717, 1.165) is 12.8 Å². The van der Waals surface area contributed by atoms with Crippen LogP contribution in [0.15, 0.2) is 0 Å². The molecule has 4 heteroatoms. The highest BCUT2D eigenvalue weighted by atomic mass is 16.5. The van der Waals surface area contributed by atoms with Gasteiger partial charge >= 0.3 is 11.9 Å². The summed E-state index contributed by atoms with van der Waals surface area (Å²) < 4.78 is 9.67. The van der Waals surface area contributed by atoms with Crippen molar-refractivity contribution in [1.29, 1.82) is 0 Å². The molecule has 0 radical (unpaired) electrons. The summed E-state index contributed by atoms with van der Waals surface area (Å²) in [5.74, 6) is 1.42. The molecule has 0 N–H and O–H groups in total. The van der Waals surface area contributed by atoms with Gasteiger partial charge in [-0.3, -0.25) is 9.59 Å². The molecule has 16 heavy (non-hydrogen) atoms. The molecule has 0 bridgehead atoms. The second-order valence-electron chi connectivity index (χ2n) is 3.37. The highest BCUT2D eigenvalue weighted by Crippen LogP contribution is 1.99. The van der Waals surface area contributed by atoms with Gasteiger partial charge in [-0.25, -0.2) is 0 Å². The Morgan fingerprint density at radius 2 is 1.94 bits per heavy atom. The first kappa shape index (κ1) is 14.5. The number of esters is 2. The van der Waals surface area contributed by atoms with Crippen molar-refractivity contribution in [2.75, 3.05) is 6.61 Å². The Morgan fingerprint density at radius 3 is 2.50 bits per heavy atom. The molecule has 0 aromatic carbocycles. The molecule has 0 fully saturated rings. The maximum atomic E-state index is 11.1. The number of ether oxygens (including phenoxy) is 2. The molecule has 0 rings (SSSR count). The van der Waals surface area contributed by atoms with Gasteiger partial charge in [0.25, 0.3) is 0 Å². The standard InChI is InChI=1S/C12H18O4/c1-4-6-9-15-11(13)7-8-12(14)16-10(3)5-2/h2,10H,4,6-9H2,1,3H3. The zero-order valence-electron chi connectivity index (χ0n) is 9.82. The SMILES string of the molecule is C#CC(C)OC(=O)CCC(=O)OCCCC. The van der Waals surface area contributed by atoms with Crippen LogP contribution in [0.3, 0.4) is 0 Å². The highest BCUT2D eigenvalue weighted by Gasteiger charge is 2.10. The smallest absolute Gasteiger partial charge is 0.307 e. The minimum absolute atomic E-state index is 0.0109. The lowest BCUT2D eigenvalue weighted by Gasteiger charge is -2.07. The molecule has 0 aliphatic rings. The van der Waals surface area contributed by atoms with E-state index in [9.17, 15) is 9.59 Å². The highest BCUT2D eigenvalue weighted by molar-refractivity contribution is 5.77. The van der Waals surface area contributed by atoms with E-state index in [0.29, 0.717) is 6.61 Å². The van der Waals surface area contributed by atoms with Crippen molar-refractivity contribution in [2.24, 2.45) is 0 Å². The number of carbonyl (C=O) groups is 2. The van der Waals surface area contributed by atoms with Crippen molar-refractivity contribution in [2.45, 2.75) is 45.6 Å². The lowest BCUT2D eigenvalue weighted by molar-refractivity contribution is -0.151. The third kappa shape index (κ3) is 7.86. The van der Waals surface area contributed by atoms with Crippen LogP contribution in [0.5, 0.6) is 0 Å². The fourth-order valence-electron chi connectivity index (χ4n) is 0.897. The van der Waals surface area contributed by atoms with Crippen LogP contribution < -0.4 is 0 Å². The average Bonchev–Trinajstić information content (AvgIpc) is 2.26. The predicted octanol–water partition coefficient (Wildman–Crippen LogP) is 1.67. The van der Waals surface area contributed by atoms with Crippen LogP contribution in [-0.2, 0) is 19.1 Å². The first-order valence-corrected chi connectivity index (χ1v) is 5.41. The van der Waals surface area contributed by atoms with Gasteiger partial charge in [-0.05, 0) is 13.3 Å². The molecule has 0 spiro atoms. The molecule has 1 unspecified atom stereocenters. The molecule has 0 aromatic heterocycles. The molecule has 0 aliphatic heterocycles. The van der Waals surface area contributed by atoms with E-state index in [-0.39, 0.29) is 18.8 Å². The van der Waals surface area contributed by atoms with Gasteiger partial charge in [-0.2, -0.15) is 0 Å². The van der Waals surface area contributed by atoms with Crippen molar-refractivity contribution < 1.29 is 19.1 Å². The Balaban J connectivity index is 3.60. The minimum atomic E-state index is -0.552. The lowest BCUT2D eigenvalue weighted by Crippen LogP contribution is -2.15. The molecule has 0 saturated carbocycles. The van der Waals surface area contributed by atoms with Crippen LogP contribution in [-0.4, -0.2) is 24.6 Å². The normalized spacial score (nSPS) is 11.3. The van der Waals surface area contributed by atoms with Crippen molar-refractivity contribution >= 4 is 11.9 Å². The molecule has 90 valence electrons. The van der Waals surface area contributed by atoms with E-state index >= 15 is 0 Å². The molecule has 0 aliphatic carbocycles. The second-order valence-corrected chi connectivity index (χ2v) is 3.37. The van der Waals surface area contributed by atoms with Crippen molar-refractivity contribution in [3.8, 4) is 12.3 Å². The molecule has 0 saturated heterocycles. The maximum absolute atomic E-state index is 11.1. The fraction of sp³-hybridized carbons (Fsp3) is 0.667. The van der Waals surface area contributed by atoms with Crippen LogP contribution in [0.2, 0.25) is 0 Å². The van der Waals surface area contributed by atoms with E-state index in [1.54, 1.807) is 6.92 Å². The summed E-state index contributed by atoms with van der Waals surface area (Å²) in [5, 5.41) is 0. The summed E-state index contributed by atoms with van der Waals surface area (Å²) >= 11 is 0. The fourth-order valence-corrected chi connectivity index (χ4v) is 0.897. The minimum Gasteiger partial charge on any atom is -0.466 e. The number of rotatable bonds is 7. The number of carbonyl (C=O) groups excluding carboxylic acids is 2. The first-order chi connectivity index (χ1) is 7.60. The van der Waals surface area contributed by atoms with Gasteiger partial charge in [0, 0.05) is 0 Å². The first-order valence-electron chi connectivity index (χ1n) is 5.41. The third-order valence-corrected chi connectivity index (χ3v) is 1.84. The molecule has 0 aromatic rings. The molecule has 0 heterocycles. The van der Waals surface area contributed by atoms with Crippen molar-refractivity contribution in [3.05, 3.63) is 0 Å². The van der Waals surface area contributed by atoms with Gasteiger partial charge in [0.05, 0.1) is 19.4 Å². The van der Waals surface area contributed by atoms with E-state index < -0.39 is 12.1 Å². The van der Waals surface area contributed by atoms with Gasteiger partial charge in [-0.1, -0.05) is 19.3 Å². The van der Waals surface area contributed by atoms with E-state index in [4.69, 9.17) is 15.9 Å². The van der Waals surface area contributed by atoms with Gasteiger partial charge in [0.15, 0.2) is 6.10 Å². The Labute approximate surface area is 96.3 Å². The van der Waals surface area contributed by atoms with Crippen LogP contribution in [0.1, 0.15) is 39.5 Å². The number of hydrogen-bond acceptors (Lipinski definition) is 4. The molecular weight excluding hydrogens is 208 g/mol. The summed E-state index contributed by atoms with van der Waals surface area (Å²) in [6.45, 7) is 4.01. The van der Waals surface area contributed by atoms with Crippen molar-refractivity contribution in [1.82, 2.24) is 0 Å². The van der Waals surface area contributed by atoms with E-state index in [1.807, 2.05) is 6.92 Å². The Bertz CT molecular complexity index is 265. The summed E-state index contributed by atoms with van der Waals surface area (Å²) in [7, 11) is 0. The Morgan fingerprint density at radius 1 is 1.31 bits per heavy atom. The van der Waals surface area contributed by atoms with Crippen LogP contribution in [0.25, 0.3) is 0 Å². The van der Waals surface area contributed by atoms with Crippen LogP contribution in [0.4, 0.5) is 0 Å².